The quantitative estimate of drug-likeness (QED) is 0.620. The van der Waals surface area contributed by atoms with Gasteiger partial charge in [0.15, 0.2) is 11.2 Å². The van der Waals surface area contributed by atoms with Gasteiger partial charge >= 0.3 is 6.03 Å². The molecule has 0 bridgehead atoms. The number of nitriles is 1. The zero-order valence-corrected chi connectivity index (χ0v) is 13.5. The zero-order chi connectivity index (χ0) is 18.3. The van der Waals surface area contributed by atoms with Crippen molar-refractivity contribution < 1.29 is 14.3 Å². The third kappa shape index (κ3) is 2.08. The van der Waals surface area contributed by atoms with Crippen molar-refractivity contribution in [1.29, 1.82) is 5.26 Å². The van der Waals surface area contributed by atoms with Crippen LogP contribution in [0.4, 0.5) is 21.9 Å². The summed E-state index contributed by atoms with van der Waals surface area (Å²) in [4.78, 5) is 32.0. The lowest BCUT2D eigenvalue weighted by Gasteiger charge is -2.41. The molecule has 2 aliphatic heterocycles. The van der Waals surface area contributed by atoms with E-state index >= 15 is 0 Å². The third-order valence-electron chi connectivity index (χ3n) is 4.59. The van der Waals surface area contributed by atoms with Crippen molar-refractivity contribution >= 4 is 29.0 Å². The molecular formula is C19H12N4O3. The number of carbonyl (C=O) groups is 2. The molecule has 2 aliphatic rings. The summed E-state index contributed by atoms with van der Waals surface area (Å²) in [5.41, 5.74) is 0.778. The van der Waals surface area contributed by atoms with E-state index in [2.05, 4.69) is 4.85 Å². The van der Waals surface area contributed by atoms with Crippen LogP contribution in [0, 0.1) is 17.9 Å². The standard InChI is InChI=1S/C19H12N4O3/c1-21-14-4-8-15(9-5-14)22-17(24)19(11-26-12-19)23(18(22)25)16-6-2-13(10-20)3-7-16/h2-9H,11-12H2. The van der Waals surface area contributed by atoms with Crippen LogP contribution in [-0.2, 0) is 9.53 Å². The van der Waals surface area contributed by atoms with Gasteiger partial charge in [-0.05, 0) is 36.4 Å². The van der Waals surface area contributed by atoms with Gasteiger partial charge in [-0.2, -0.15) is 5.26 Å². The normalized spacial score (nSPS) is 17.8. The lowest BCUT2D eigenvalue weighted by Crippen LogP contribution is -2.64. The van der Waals surface area contributed by atoms with Crippen LogP contribution in [0.25, 0.3) is 4.85 Å². The highest BCUT2D eigenvalue weighted by Gasteiger charge is 2.62. The summed E-state index contributed by atoms with van der Waals surface area (Å²) in [5.74, 6) is -0.353. The Labute approximate surface area is 149 Å². The average Bonchev–Trinajstić information content (AvgIpc) is 2.89. The molecule has 0 N–H and O–H groups in total. The highest BCUT2D eigenvalue weighted by atomic mass is 16.5. The average molecular weight is 344 g/mol. The summed E-state index contributed by atoms with van der Waals surface area (Å²) in [5, 5.41) is 8.95. The van der Waals surface area contributed by atoms with Crippen LogP contribution in [-0.4, -0.2) is 30.7 Å². The molecule has 126 valence electrons. The van der Waals surface area contributed by atoms with Crippen LogP contribution in [0.2, 0.25) is 0 Å². The largest absolute Gasteiger partial charge is 0.375 e. The minimum absolute atomic E-state index is 0.119. The predicted octanol–water partition coefficient (Wildman–Crippen LogP) is 2.85. The summed E-state index contributed by atoms with van der Waals surface area (Å²) in [6.07, 6.45) is 0. The van der Waals surface area contributed by atoms with Gasteiger partial charge in [-0.1, -0.05) is 12.1 Å². The molecule has 3 amide bonds. The number of urea groups is 1. The van der Waals surface area contributed by atoms with Crippen molar-refractivity contribution in [3.8, 4) is 6.07 Å². The topological polar surface area (TPSA) is 78.0 Å². The number of imide groups is 1. The molecular weight excluding hydrogens is 332 g/mol. The number of amides is 3. The monoisotopic (exact) mass is 344 g/mol. The van der Waals surface area contributed by atoms with Gasteiger partial charge in [0.2, 0.25) is 0 Å². The fraction of sp³-hybridized carbons (Fsp3) is 0.158. The molecule has 0 aliphatic carbocycles. The predicted molar refractivity (Wildman–Crippen MR) is 92.8 cm³/mol. The fourth-order valence-electron chi connectivity index (χ4n) is 3.17. The number of hydrogen-bond donors (Lipinski definition) is 0. The Morgan fingerprint density at radius 2 is 1.65 bits per heavy atom. The number of ether oxygens (including phenoxy) is 1. The summed E-state index contributed by atoms with van der Waals surface area (Å²) in [6.45, 7) is 7.25. The van der Waals surface area contributed by atoms with Crippen molar-refractivity contribution in [1.82, 2.24) is 0 Å². The first kappa shape index (κ1) is 15.8. The van der Waals surface area contributed by atoms with Crippen molar-refractivity contribution in [3.05, 3.63) is 65.5 Å². The Bertz CT molecular complexity index is 979. The first-order chi connectivity index (χ1) is 12.6. The molecule has 2 fully saturated rings. The SMILES string of the molecule is [C-]#[N+]c1ccc(N2C(=O)N(c3ccc(C#N)cc3)C3(COC3)C2=O)cc1. The first-order valence-electron chi connectivity index (χ1n) is 7.85. The van der Waals surface area contributed by atoms with Gasteiger partial charge in [0.25, 0.3) is 5.91 Å². The Hall–Kier alpha value is -3.68. The van der Waals surface area contributed by atoms with Gasteiger partial charge in [0.1, 0.15) is 0 Å². The van der Waals surface area contributed by atoms with E-state index in [1.807, 2.05) is 6.07 Å². The Morgan fingerprint density at radius 3 is 2.15 bits per heavy atom. The van der Waals surface area contributed by atoms with E-state index in [1.165, 1.54) is 4.90 Å². The summed E-state index contributed by atoms with van der Waals surface area (Å²) in [6, 6.07) is 14.4. The summed E-state index contributed by atoms with van der Waals surface area (Å²) in [7, 11) is 0. The van der Waals surface area contributed by atoms with Crippen LogP contribution in [0.1, 0.15) is 5.56 Å². The van der Waals surface area contributed by atoms with Crippen LogP contribution < -0.4 is 9.80 Å². The van der Waals surface area contributed by atoms with Crippen LogP contribution >= 0.6 is 0 Å². The zero-order valence-electron chi connectivity index (χ0n) is 13.5. The first-order valence-corrected chi connectivity index (χ1v) is 7.85. The molecule has 0 radical (unpaired) electrons. The second kappa shape index (κ2) is 5.69. The maximum Gasteiger partial charge on any atom is 0.337 e. The van der Waals surface area contributed by atoms with E-state index in [4.69, 9.17) is 16.6 Å². The highest BCUT2D eigenvalue weighted by Crippen LogP contribution is 2.40. The van der Waals surface area contributed by atoms with Crippen LogP contribution in [0.3, 0.4) is 0 Å². The van der Waals surface area contributed by atoms with Crippen molar-refractivity contribution in [2.24, 2.45) is 0 Å². The van der Waals surface area contributed by atoms with E-state index in [0.717, 1.165) is 4.90 Å². The van der Waals surface area contributed by atoms with Gasteiger partial charge in [0, 0.05) is 5.69 Å². The Kier molecular flexibility index (Phi) is 3.47. The number of nitrogens with zero attached hydrogens (tertiary/aromatic N) is 4. The Morgan fingerprint density at radius 1 is 1.04 bits per heavy atom. The molecule has 26 heavy (non-hydrogen) atoms. The van der Waals surface area contributed by atoms with E-state index in [-0.39, 0.29) is 19.1 Å². The maximum absolute atomic E-state index is 13.1. The fourth-order valence-corrected chi connectivity index (χ4v) is 3.17. The Balaban J connectivity index is 1.77. The highest BCUT2D eigenvalue weighted by molar-refractivity contribution is 6.31. The van der Waals surface area contributed by atoms with E-state index in [9.17, 15) is 9.59 Å². The second-order valence-electron chi connectivity index (χ2n) is 6.07. The molecule has 0 unspecified atom stereocenters. The van der Waals surface area contributed by atoms with E-state index < -0.39 is 11.6 Å². The summed E-state index contributed by atoms with van der Waals surface area (Å²) < 4.78 is 5.26. The molecule has 7 heteroatoms. The maximum atomic E-state index is 13.1. The van der Waals surface area contributed by atoms with E-state index in [1.54, 1.807) is 48.5 Å². The summed E-state index contributed by atoms with van der Waals surface area (Å²) >= 11 is 0. The smallest absolute Gasteiger partial charge is 0.337 e. The minimum atomic E-state index is -1.07. The van der Waals surface area contributed by atoms with Gasteiger partial charge in [-0.3, -0.25) is 9.69 Å². The molecule has 7 nitrogen and oxygen atoms in total. The van der Waals surface area contributed by atoms with E-state index in [0.29, 0.717) is 22.6 Å². The molecule has 4 rings (SSSR count). The van der Waals surface area contributed by atoms with Crippen LogP contribution in [0.5, 0.6) is 0 Å². The number of carbonyl (C=O) groups excluding carboxylic acids is 2. The molecule has 2 aromatic rings. The molecule has 2 saturated heterocycles. The van der Waals surface area contributed by atoms with Crippen molar-refractivity contribution in [3.63, 3.8) is 0 Å². The molecule has 0 aromatic heterocycles. The van der Waals surface area contributed by atoms with Gasteiger partial charge < -0.3 is 4.74 Å². The molecule has 0 saturated carbocycles. The number of benzene rings is 2. The second-order valence-corrected chi connectivity index (χ2v) is 6.07. The number of hydrogen-bond acceptors (Lipinski definition) is 4. The van der Waals surface area contributed by atoms with Crippen LogP contribution in [0.15, 0.2) is 48.5 Å². The third-order valence-corrected chi connectivity index (χ3v) is 4.59. The van der Waals surface area contributed by atoms with Gasteiger partial charge in [-0.25, -0.2) is 14.5 Å². The molecule has 2 aromatic carbocycles. The molecule has 2 heterocycles. The minimum Gasteiger partial charge on any atom is -0.375 e. The number of rotatable bonds is 2. The van der Waals surface area contributed by atoms with Crippen molar-refractivity contribution in [2.45, 2.75) is 5.54 Å². The molecule has 1 spiro atoms. The molecule has 0 atom stereocenters. The van der Waals surface area contributed by atoms with Crippen molar-refractivity contribution in [2.75, 3.05) is 23.0 Å². The van der Waals surface area contributed by atoms with Gasteiger partial charge in [0.05, 0.1) is 37.1 Å². The van der Waals surface area contributed by atoms with Gasteiger partial charge in [-0.15, -0.1) is 0 Å². The lowest BCUT2D eigenvalue weighted by atomic mass is 9.94. The number of anilines is 2. The lowest BCUT2D eigenvalue weighted by molar-refractivity contribution is -0.136.